The van der Waals surface area contributed by atoms with E-state index >= 15 is 0 Å². The van der Waals surface area contributed by atoms with Gasteiger partial charge >= 0.3 is 0 Å². The molecule has 1 atom stereocenters. The fourth-order valence-corrected chi connectivity index (χ4v) is 2.10. The van der Waals surface area contributed by atoms with Gasteiger partial charge < -0.3 is 14.8 Å². The van der Waals surface area contributed by atoms with Crippen LogP contribution in [0.4, 0.5) is 5.82 Å². The highest BCUT2D eigenvalue weighted by atomic mass is 79.9. The van der Waals surface area contributed by atoms with E-state index in [1.54, 1.807) is 6.20 Å². The molecule has 1 fully saturated rings. The van der Waals surface area contributed by atoms with Crippen molar-refractivity contribution in [3.63, 3.8) is 0 Å². The number of nitrogens with zero attached hydrogens (tertiary/aromatic N) is 1. The molecule has 100 valence electrons. The fraction of sp³-hybridized carbons (Fsp3) is 0.615. The van der Waals surface area contributed by atoms with E-state index in [4.69, 9.17) is 9.47 Å². The normalized spacial score (nSPS) is 19.1. The molecule has 1 N–H and O–H groups in total. The summed E-state index contributed by atoms with van der Waals surface area (Å²) in [6.07, 6.45) is 5.40. The zero-order chi connectivity index (χ0) is 12.6. The minimum atomic E-state index is 0.325. The van der Waals surface area contributed by atoms with Crippen molar-refractivity contribution in [1.82, 2.24) is 4.98 Å². The lowest BCUT2D eigenvalue weighted by molar-refractivity contribution is 0.0172. The summed E-state index contributed by atoms with van der Waals surface area (Å²) >= 11 is 3.36. The molecule has 1 aromatic rings. The Bertz CT molecular complexity index is 339. The molecule has 2 rings (SSSR count). The summed E-state index contributed by atoms with van der Waals surface area (Å²) in [7, 11) is 0. The van der Waals surface area contributed by atoms with E-state index in [1.807, 2.05) is 12.1 Å². The molecule has 1 aliphatic heterocycles. The molecule has 0 aliphatic carbocycles. The lowest BCUT2D eigenvalue weighted by atomic mass is 10.2. The molecule has 1 aromatic heterocycles. The summed E-state index contributed by atoms with van der Waals surface area (Å²) in [5, 5.41) is 3.26. The smallest absolute Gasteiger partial charge is 0.125 e. The van der Waals surface area contributed by atoms with Crippen molar-refractivity contribution in [3.8, 4) is 0 Å². The summed E-state index contributed by atoms with van der Waals surface area (Å²) in [6, 6.07) is 3.93. The predicted molar refractivity (Wildman–Crippen MR) is 74.8 cm³/mol. The lowest BCUT2D eigenvalue weighted by Gasteiger charge is -2.10. The van der Waals surface area contributed by atoms with Crippen LogP contribution in [0.3, 0.4) is 0 Å². The van der Waals surface area contributed by atoms with Crippen molar-refractivity contribution in [1.29, 1.82) is 0 Å². The third kappa shape index (κ3) is 4.92. The van der Waals surface area contributed by atoms with Crippen molar-refractivity contribution in [2.45, 2.75) is 25.4 Å². The second kappa shape index (κ2) is 7.71. The van der Waals surface area contributed by atoms with Crippen LogP contribution in [-0.2, 0) is 9.47 Å². The molecule has 1 saturated heterocycles. The van der Waals surface area contributed by atoms with Gasteiger partial charge in [-0.05, 0) is 47.3 Å². The maximum atomic E-state index is 5.58. The highest BCUT2D eigenvalue weighted by Crippen LogP contribution is 2.12. The Morgan fingerprint density at radius 1 is 1.50 bits per heavy atom. The van der Waals surface area contributed by atoms with Crippen LogP contribution in [0.1, 0.15) is 19.3 Å². The number of hydrogen-bond donors (Lipinski definition) is 1. The Morgan fingerprint density at radius 3 is 3.17 bits per heavy atom. The largest absolute Gasteiger partial charge is 0.379 e. The van der Waals surface area contributed by atoms with Crippen LogP contribution in [0, 0.1) is 0 Å². The van der Waals surface area contributed by atoms with Gasteiger partial charge in [0.15, 0.2) is 0 Å². The summed E-state index contributed by atoms with van der Waals surface area (Å²) in [4.78, 5) is 4.24. The van der Waals surface area contributed by atoms with E-state index in [2.05, 4.69) is 26.2 Å². The molecule has 0 bridgehead atoms. The Kier molecular flexibility index (Phi) is 5.90. The van der Waals surface area contributed by atoms with Gasteiger partial charge in [0.25, 0.3) is 0 Å². The fourth-order valence-electron chi connectivity index (χ4n) is 1.86. The molecule has 4 nitrogen and oxygen atoms in total. The highest BCUT2D eigenvalue weighted by Gasteiger charge is 2.14. The highest BCUT2D eigenvalue weighted by molar-refractivity contribution is 9.10. The zero-order valence-corrected chi connectivity index (χ0v) is 12.0. The molecular formula is C13H19BrN2O2. The molecule has 0 aromatic carbocycles. The van der Waals surface area contributed by atoms with Gasteiger partial charge in [0.1, 0.15) is 5.82 Å². The molecule has 0 unspecified atom stereocenters. The van der Waals surface area contributed by atoms with Crippen molar-refractivity contribution in [2.24, 2.45) is 0 Å². The van der Waals surface area contributed by atoms with Crippen LogP contribution in [0.5, 0.6) is 0 Å². The van der Waals surface area contributed by atoms with Gasteiger partial charge in [-0.2, -0.15) is 0 Å². The number of rotatable bonds is 7. The number of anilines is 1. The summed E-state index contributed by atoms with van der Waals surface area (Å²) in [5.41, 5.74) is 0. The second-order valence-corrected chi connectivity index (χ2v) is 5.27. The first-order chi connectivity index (χ1) is 8.84. The van der Waals surface area contributed by atoms with Crippen LogP contribution in [0.15, 0.2) is 22.8 Å². The molecule has 0 saturated carbocycles. The SMILES string of the molecule is Brc1ccc(NCCCOC[C@H]2CCCO2)nc1. The number of hydrogen-bond acceptors (Lipinski definition) is 4. The zero-order valence-electron chi connectivity index (χ0n) is 10.4. The molecule has 0 spiro atoms. The molecule has 5 heteroatoms. The molecule has 1 aliphatic rings. The van der Waals surface area contributed by atoms with Crippen LogP contribution < -0.4 is 5.32 Å². The molecule has 18 heavy (non-hydrogen) atoms. The van der Waals surface area contributed by atoms with Gasteiger partial charge in [-0.25, -0.2) is 4.98 Å². The Morgan fingerprint density at radius 2 is 2.44 bits per heavy atom. The van der Waals surface area contributed by atoms with E-state index in [9.17, 15) is 0 Å². The van der Waals surface area contributed by atoms with Crippen LogP contribution in [0.25, 0.3) is 0 Å². The van der Waals surface area contributed by atoms with Crippen LogP contribution >= 0.6 is 15.9 Å². The van der Waals surface area contributed by atoms with Gasteiger partial charge in [0, 0.05) is 30.4 Å². The van der Waals surface area contributed by atoms with Gasteiger partial charge in [-0.3, -0.25) is 0 Å². The second-order valence-electron chi connectivity index (χ2n) is 4.35. The number of pyridine rings is 1. The minimum Gasteiger partial charge on any atom is -0.379 e. The minimum absolute atomic E-state index is 0.325. The van der Waals surface area contributed by atoms with E-state index in [-0.39, 0.29) is 0 Å². The number of ether oxygens (including phenoxy) is 2. The van der Waals surface area contributed by atoms with Crippen molar-refractivity contribution >= 4 is 21.7 Å². The quantitative estimate of drug-likeness (QED) is 0.786. The lowest BCUT2D eigenvalue weighted by Crippen LogP contribution is -2.15. The number of aromatic nitrogens is 1. The van der Waals surface area contributed by atoms with Crippen molar-refractivity contribution < 1.29 is 9.47 Å². The number of nitrogens with one attached hydrogen (secondary N) is 1. The number of halogens is 1. The Hall–Kier alpha value is -0.650. The van der Waals surface area contributed by atoms with E-state index in [0.717, 1.165) is 49.5 Å². The third-order valence-corrected chi connectivity index (χ3v) is 3.30. The Labute approximate surface area is 116 Å². The predicted octanol–water partition coefficient (Wildman–Crippen LogP) is 2.84. The van der Waals surface area contributed by atoms with E-state index in [0.29, 0.717) is 6.10 Å². The summed E-state index contributed by atoms with van der Waals surface area (Å²) < 4.78 is 12.1. The first-order valence-electron chi connectivity index (χ1n) is 6.39. The standard InChI is InChI=1S/C13H19BrN2O2/c14-11-4-5-13(16-9-11)15-6-2-7-17-10-12-3-1-8-18-12/h4-5,9,12H,1-3,6-8,10H2,(H,15,16)/t12-/m1/s1. The van der Waals surface area contributed by atoms with Gasteiger partial charge in [0.2, 0.25) is 0 Å². The van der Waals surface area contributed by atoms with Crippen molar-refractivity contribution in [3.05, 3.63) is 22.8 Å². The molecule has 0 radical (unpaired) electrons. The average molecular weight is 315 g/mol. The van der Waals surface area contributed by atoms with E-state index in [1.165, 1.54) is 6.42 Å². The maximum Gasteiger partial charge on any atom is 0.125 e. The molecule has 2 heterocycles. The first kappa shape index (κ1) is 13.8. The van der Waals surface area contributed by atoms with Gasteiger partial charge in [-0.1, -0.05) is 0 Å². The van der Waals surface area contributed by atoms with Gasteiger partial charge in [0.05, 0.1) is 12.7 Å². The topological polar surface area (TPSA) is 43.4 Å². The summed E-state index contributed by atoms with van der Waals surface area (Å²) in [5.74, 6) is 0.900. The van der Waals surface area contributed by atoms with Crippen LogP contribution in [-0.4, -0.2) is 37.5 Å². The molecule has 0 amide bonds. The molecular weight excluding hydrogens is 296 g/mol. The first-order valence-corrected chi connectivity index (χ1v) is 7.18. The monoisotopic (exact) mass is 314 g/mol. The maximum absolute atomic E-state index is 5.58. The summed E-state index contributed by atoms with van der Waals surface area (Å²) in [6.45, 7) is 3.27. The van der Waals surface area contributed by atoms with E-state index < -0.39 is 0 Å². The van der Waals surface area contributed by atoms with Crippen LogP contribution in [0.2, 0.25) is 0 Å². The third-order valence-electron chi connectivity index (χ3n) is 2.83. The Balaban J connectivity index is 1.49. The van der Waals surface area contributed by atoms with Gasteiger partial charge in [-0.15, -0.1) is 0 Å². The average Bonchev–Trinajstić information content (AvgIpc) is 2.89. The van der Waals surface area contributed by atoms with Crippen molar-refractivity contribution in [2.75, 3.05) is 31.7 Å².